The number of aliphatic carboxylic acids is 1. The zero-order valence-corrected chi connectivity index (χ0v) is 12.3. The topological polar surface area (TPSA) is 58.9 Å². The fraction of sp³-hybridized carbons (Fsp3) is 0.222. The van der Waals surface area contributed by atoms with Crippen molar-refractivity contribution in [3.05, 3.63) is 71.8 Å². The molecule has 0 aliphatic rings. The molecular formula is C18H19NO3. The van der Waals surface area contributed by atoms with Crippen molar-refractivity contribution in [1.82, 2.24) is 0 Å². The van der Waals surface area contributed by atoms with Gasteiger partial charge in [0.1, 0.15) is 6.61 Å². The number of hydrogen-bond acceptors (Lipinski definition) is 3. The molecule has 0 bridgehead atoms. The maximum absolute atomic E-state index is 10.7. The quantitative estimate of drug-likeness (QED) is 0.626. The molecule has 4 nitrogen and oxygen atoms in total. The first-order chi connectivity index (χ1) is 10.7. The summed E-state index contributed by atoms with van der Waals surface area (Å²) >= 11 is 0. The number of carboxylic acid groups (broad SMARTS) is 1. The minimum Gasteiger partial charge on any atom is -0.481 e. The molecule has 0 saturated carbocycles. The van der Waals surface area contributed by atoms with Crippen molar-refractivity contribution in [1.29, 1.82) is 0 Å². The van der Waals surface area contributed by atoms with Gasteiger partial charge in [-0.1, -0.05) is 60.7 Å². The number of nitrogens with zero attached hydrogens (tertiary/aromatic N) is 1. The molecule has 0 spiro atoms. The molecule has 0 unspecified atom stereocenters. The van der Waals surface area contributed by atoms with Crippen LogP contribution in [0.4, 0.5) is 0 Å². The van der Waals surface area contributed by atoms with Crippen LogP contribution >= 0.6 is 0 Å². The molecule has 0 aliphatic heterocycles. The molecule has 0 atom stereocenters. The number of rotatable bonds is 7. The van der Waals surface area contributed by atoms with Crippen molar-refractivity contribution >= 4 is 11.9 Å². The molecular weight excluding hydrogens is 278 g/mol. The zero-order valence-electron chi connectivity index (χ0n) is 12.3. The lowest BCUT2D eigenvalue weighted by Crippen LogP contribution is -2.09. The van der Waals surface area contributed by atoms with E-state index in [4.69, 9.17) is 9.84 Å². The first kappa shape index (κ1) is 15.8. The number of benzene rings is 2. The summed E-state index contributed by atoms with van der Waals surface area (Å²) in [5.41, 5.74) is 2.10. The summed E-state index contributed by atoms with van der Waals surface area (Å²) in [6, 6.07) is 19.6. The normalized spacial score (nSPS) is 11.2. The fourth-order valence-electron chi connectivity index (χ4n) is 1.91. The maximum atomic E-state index is 10.7. The third kappa shape index (κ3) is 5.79. The standard InChI is InChI=1S/C18H19NO3/c20-18(21)12-11-17(19-13-15-7-3-1-4-8-15)22-14-16-9-5-2-6-10-16/h1-10H,11-14H2,(H,20,21). The van der Waals surface area contributed by atoms with Gasteiger partial charge >= 0.3 is 5.97 Å². The molecule has 0 aromatic heterocycles. The second-order valence-electron chi connectivity index (χ2n) is 4.86. The van der Waals surface area contributed by atoms with Crippen LogP contribution in [0.1, 0.15) is 24.0 Å². The van der Waals surface area contributed by atoms with Gasteiger partial charge in [0.2, 0.25) is 0 Å². The number of carboxylic acids is 1. The van der Waals surface area contributed by atoms with Crippen molar-refractivity contribution in [3.8, 4) is 0 Å². The van der Waals surface area contributed by atoms with E-state index in [1.54, 1.807) is 0 Å². The van der Waals surface area contributed by atoms with Gasteiger partial charge in [0.15, 0.2) is 5.90 Å². The van der Waals surface area contributed by atoms with Crippen LogP contribution in [0, 0.1) is 0 Å². The first-order valence-electron chi connectivity index (χ1n) is 7.20. The van der Waals surface area contributed by atoms with Crippen LogP contribution in [-0.2, 0) is 22.7 Å². The summed E-state index contributed by atoms with van der Waals surface area (Å²) in [6.07, 6.45) is 0.317. The highest BCUT2D eigenvalue weighted by molar-refractivity contribution is 5.80. The van der Waals surface area contributed by atoms with Crippen molar-refractivity contribution in [2.75, 3.05) is 0 Å². The minimum atomic E-state index is -0.851. The minimum absolute atomic E-state index is 0.0163. The van der Waals surface area contributed by atoms with E-state index in [1.807, 2.05) is 60.7 Å². The van der Waals surface area contributed by atoms with E-state index in [9.17, 15) is 4.79 Å². The molecule has 0 fully saturated rings. The summed E-state index contributed by atoms with van der Waals surface area (Å²) in [6.45, 7) is 0.888. The Labute approximate surface area is 130 Å². The average Bonchev–Trinajstić information content (AvgIpc) is 2.56. The predicted molar refractivity (Wildman–Crippen MR) is 85.7 cm³/mol. The van der Waals surface area contributed by atoms with E-state index in [0.29, 0.717) is 25.5 Å². The highest BCUT2D eigenvalue weighted by atomic mass is 16.5. The average molecular weight is 297 g/mol. The van der Waals surface area contributed by atoms with Crippen LogP contribution in [0.5, 0.6) is 0 Å². The van der Waals surface area contributed by atoms with Gasteiger partial charge in [-0.05, 0) is 11.1 Å². The fourth-order valence-corrected chi connectivity index (χ4v) is 1.91. The SMILES string of the molecule is O=C(O)CCC(=NCc1ccccc1)OCc1ccccc1. The lowest BCUT2D eigenvalue weighted by Gasteiger charge is -2.09. The van der Waals surface area contributed by atoms with Gasteiger partial charge in [0.25, 0.3) is 0 Å². The van der Waals surface area contributed by atoms with Crippen LogP contribution < -0.4 is 0 Å². The van der Waals surface area contributed by atoms with Gasteiger partial charge in [-0.25, -0.2) is 0 Å². The van der Waals surface area contributed by atoms with Gasteiger partial charge in [-0.2, -0.15) is 0 Å². The Balaban J connectivity index is 1.97. The number of carbonyl (C=O) groups is 1. The molecule has 0 aliphatic carbocycles. The van der Waals surface area contributed by atoms with Crippen LogP contribution in [-0.4, -0.2) is 17.0 Å². The molecule has 1 N–H and O–H groups in total. The molecule has 0 amide bonds. The summed E-state index contributed by atoms with van der Waals surface area (Å²) in [4.78, 5) is 15.2. The Kier molecular flexibility index (Phi) is 6.18. The summed E-state index contributed by atoms with van der Waals surface area (Å²) < 4.78 is 5.69. The van der Waals surface area contributed by atoms with Crippen LogP contribution in [0.2, 0.25) is 0 Å². The summed E-state index contributed by atoms with van der Waals surface area (Å²) in [5.74, 6) is -0.370. The molecule has 2 rings (SSSR count). The molecule has 0 saturated heterocycles. The molecule has 2 aromatic carbocycles. The van der Waals surface area contributed by atoms with E-state index >= 15 is 0 Å². The van der Waals surface area contributed by atoms with Crippen molar-refractivity contribution in [2.45, 2.75) is 26.0 Å². The molecule has 114 valence electrons. The highest BCUT2D eigenvalue weighted by Crippen LogP contribution is 2.07. The number of ether oxygens (including phenoxy) is 1. The second kappa shape index (κ2) is 8.62. The Morgan fingerprint density at radius 2 is 1.50 bits per heavy atom. The maximum Gasteiger partial charge on any atom is 0.303 e. The number of aliphatic imine (C=N–C) groups is 1. The monoisotopic (exact) mass is 297 g/mol. The van der Waals surface area contributed by atoms with E-state index in [-0.39, 0.29) is 6.42 Å². The van der Waals surface area contributed by atoms with E-state index in [1.165, 1.54) is 0 Å². The Morgan fingerprint density at radius 3 is 2.09 bits per heavy atom. The van der Waals surface area contributed by atoms with Crippen molar-refractivity contribution in [2.24, 2.45) is 4.99 Å². The Hall–Kier alpha value is -2.62. The molecule has 2 aromatic rings. The van der Waals surface area contributed by atoms with Crippen LogP contribution in [0.3, 0.4) is 0 Å². The van der Waals surface area contributed by atoms with Gasteiger partial charge in [0.05, 0.1) is 13.0 Å². The van der Waals surface area contributed by atoms with Gasteiger partial charge in [0, 0.05) is 6.42 Å². The molecule has 22 heavy (non-hydrogen) atoms. The second-order valence-corrected chi connectivity index (χ2v) is 4.86. The largest absolute Gasteiger partial charge is 0.481 e. The first-order valence-corrected chi connectivity index (χ1v) is 7.20. The number of hydrogen-bond donors (Lipinski definition) is 1. The smallest absolute Gasteiger partial charge is 0.303 e. The highest BCUT2D eigenvalue weighted by Gasteiger charge is 2.06. The van der Waals surface area contributed by atoms with E-state index in [2.05, 4.69) is 4.99 Å². The van der Waals surface area contributed by atoms with Gasteiger partial charge in [-0.15, -0.1) is 0 Å². The predicted octanol–water partition coefficient (Wildman–Crippen LogP) is 3.67. The summed E-state index contributed by atoms with van der Waals surface area (Å²) in [7, 11) is 0. The van der Waals surface area contributed by atoms with Crippen molar-refractivity contribution in [3.63, 3.8) is 0 Å². The van der Waals surface area contributed by atoms with Crippen LogP contribution in [0.25, 0.3) is 0 Å². The molecule has 0 heterocycles. The van der Waals surface area contributed by atoms with E-state index in [0.717, 1.165) is 11.1 Å². The van der Waals surface area contributed by atoms with Gasteiger partial charge < -0.3 is 9.84 Å². The Morgan fingerprint density at radius 1 is 0.909 bits per heavy atom. The lowest BCUT2D eigenvalue weighted by atomic mass is 10.2. The van der Waals surface area contributed by atoms with E-state index < -0.39 is 5.97 Å². The molecule has 4 heteroatoms. The van der Waals surface area contributed by atoms with Crippen LogP contribution in [0.15, 0.2) is 65.7 Å². The lowest BCUT2D eigenvalue weighted by molar-refractivity contribution is -0.136. The van der Waals surface area contributed by atoms with Gasteiger partial charge in [-0.3, -0.25) is 9.79 Å². The third-order valence-electron chi connectivity index (χ3n) is 3.08. The molecule has 0 radical (unpaired) electrons. The zero-order chi connectivity index (χ0) is 15.6. The Bertz CT molecular complexity index is 609. The van der Waals surface area contributed by atoms with Crippen molar-refractivity contribution < 1.29 is 14.6 Å². The third-order valence-corrected chi connectivity index (χ3v) is 3.08. The summed E-state index contributed by atoms with van der Waals surface area (Å²) in [5, 5.41) is 8.82.